The molecule has 0 saturated carbocycles. The first-order valence-corrected chi connectivity index (χ1v) is 10.9. The molecule has 0 unspecified atom stereocenters. The average Bonchev–Trinajstić information content (AvgIpc) is 3.52. The van der Waals surface area contributed by atoms with Gasteiger partial charge in [-0.1, -0.05) is 12.1 Å². The Bertz CT molecular complexity index is 1210. The van der Waals surface area contributed by atoms with Crippen LogP contribution in [0.1, 0.15) is 31.2 Å². The molecule has 0 radical (unpaired) electrons. The summed E-state index contributed by atoms with van der Waals surface area (Å²) in [5.74, 6) is 2.23. The summed E-state index contributed by atoms with van der Waals surface area (Å²) in [5, 5.41) is 15.9. The van der Waals surface area contributed by atoms with Crippen LogP contribution in [0.2, 0.25) is 0 Å². The van der Waals surface area contributed by atoms with E-state index >= 15 is 0 Å². The zero-order chi connectivity index (χ0) is 23.8. The number of hydrogen-bond donors (Lipinski definition) is 4. The van der Waals surface area contributed by atoms with E-state index in [1.807, 2.05) is 24.3 Å². The quantitative estimate of drug-likeness (QED) is 0.138. The second kappa shape index (κ2) is 11.1. The number of hydroxylamine groups is 1. The number of hydrogen-bond acceptors (Lipinski definition) is 10. The van der Waals surface area contributed by atoms with Crippen molar-refractivity contribution in [1.29, 1.82) is 0 Å². The maximum absolute atomic E-state index is 10.9. The number of anilines is 2. The minimum absolute atomic E-state index is 0.177. The fourth-order valence-corrected chi connectivity index (χ4v) is 3.28. The van der Waals surface area contributed by atoms with E-state index in [-0.39, 0.29) is 11.9 Å². The van der Waals surface area contributed by atoms with E-state index in [0.717, 1.165) is 30.6 Å². The molecule has 5 N–H and O–H groups in total. The molecule has 1 amide bonds. The van der Waals surface area contributed by atoms with Gasteiger partial charge in [-0.05, 0) is 55.5 Å². The van der Waals surface area contributed by atoms with Gasteiger partial charge in [-0.2, -0.15) is 19.5 Å². The second-order valence-electron chi connectivity index (χ2n) is 7.54. The molecule has 0 fully saturated rings. The number of unbranched alkanes of at least 4 members (excludes halogenated alkanes) is 2. The SMILES string of the molecule is Nc1nc(NCCc2ccc(OCCCCCC(=O)NO)cc2)nc2nc(-c3ccco3)nn12. The normalized spacial score (nSPS) is 11.0. The highest BCUT2D eigenvalue weighted by molar-refractivity contribution is 5.74. The molecule has 0 saturated heterocycles. The van der Waals surface area contributed by atoms with Crippen LogP contribution in [0.3, 0.4) is 0 Å². The third kappa shape index (κ3) is 5.98. The first kappa shape index (κ1) is 23.0. The third-order valence-electron chi connectivity index (χ3n) is 5.04. The summed E-state index contributed by atoms with van der Waals surface area (Å²) in [6.45, 7) is 1.18. The predicted octanol–water partition coefficient (Wildman–Crippen LogP) is 2.46. The van der Waals surface area contributed by atoms with Crippen molar-refractivity contribution < 1.29 is 19.2 Å². The van der Waals surface area contributed by atoms with Gasteiger partial charge in [0.15, 0.2) is 5.76 Å². The molecule has 4 rings (SSSR count). The summed E-state index contributed by atoms with van der Waals surface area (Å²) < 4.78 is 12.4. The molecule has 178 valence electrons. The van der Waals surface area contributed by atoms with E-state index < -0.39 is 0 Å². The van der Waals surface area contributed by atoms with E-state index in [4.69, 9.17) is 20.1 Å². The number of nitrogens with two attached hydrogens (primary N) is 1. The molecule has 12 heteroatoms. The van der Waals surface area contributed by atoms with Crippen LogP contribution in [0.15, 0.2) is 47.1 Å². The first-order valence-electron chi connectivity index (χ1n) is 10.9. The molecule has 0 aliphatic rings. The fraction of sp³-hybridized carbons (Fsp3) is 0.318. The van der Waals surface area contributed by atoms with E-state index in [1.54, 1.807) is 23.9 Å². The lowest BCUT2D eigenvalue weighted by Gasteiger charge is -2.08. The standard InChI is InChI=1S/C22H26N8O4/c23-20-26-21(27-22-25-19(28-30(20)22)17-5-4-14-34-17)24-12-11-15-7-9-16(10-8-15)33-13-3-1-2-6-18(31)29-32/h4-5,7-10,14,32H,1-3,6,11-13H2,(H,29,31)(H3,23,24,25,26,27,28). The number of rotatable bonds is 12. The summed E-state index contributed by atoms with van der Waals surface area (Å²) in [7, 11) is 0. The fourth-order valence-electron chi connectivity index (χ4n) is 3.28. The number of nitrogens with zero attached hydrogens (tertiary/aromatic N) is 5. The molecular formula is C22H26N8O4. The lowest BCUT2D eigenvalue weighted by atomic mass is 10.1. The lowest BCUT2D eigenvalue weighted by Crippen LogP contribution is -2.17. The van der Waals surface area contributed by atoms with Crippen LogP contribution in [-0.2, 0) is 11.2 Å². The zero-order valence-corrected chi connectivity index (χ0v) is 18.5. The van der Waals surface area contributed by atoms with Gasteiger partial charge in [0.2, 0.25) is 23.6 Å². The van der Waals surface area contributed by atoms with E-state index in [9.17, 15) is 4.79 Å². The van der Waals surface area contributed by atoms with Crippen LogP contribution in [0, 0.1) is 0 Å². The predicted molar refractivity (Wildman–Crippen MR) is 123 cm³/mol. The summed E-state index contributed by atoms with van der Waals surface area (Å²) in [6, 6.07) is 11.4. The Labute approximate surface area is 195 Å². The van der Waals surface area contributed by atoms with Gasteiger partial charge in [0.1, 0.15) is 5.75 Å². The van der Waals surface area contributed by atoms with Crippen molar-refractivity contribution in [2.45, 2.75) is 32.1 Å². The van der Waals surface area contributed by atoms with Gasteiger partial charge in [-0.15, -0.1) is 5.10 Å². The van der Waals surface area contributed by atoms with Crippen molar-refractivity contribution in [2.75, 3.05) is 24.2 Å². The largest absolute Gasteiger partial charge is 0.494 e. The molecule has 12 nitrogen and oxygen atoms in total. The highest BCUT2D eigenvalue weighted by Gasteiger charge is 2.13. The molecule has 3 heterocycles. The van der Waals surface area contributed by atoms with Crippen molar-refractivity contribution in [3.05, 3.63) is 48.2 Å². The van der Waals surface area contributed by atoms with Crippen molar-refractivity contribution >= 4 is 23.6 Å². The van der Waals surface area contributed by atoms with E-state index in [1.165, 1.54) is 4.52 Å². The number of aromatic nitrogens is 5. The minimum atomic E-state index is -0.362. The summed E-state index contributed by atoms with van der Waals surface area (Å²) >= 11 is 0. The van der Waals surface area contributed by atoms with Gasteiger partial charge in [-0.25, -0.2) is 5.48 Å². The summed E-state index contributed by atoms with van der Waals surface area (Å²) in [4.78, 5) is 23.9. The molecule has 4 aromatic rings. The van der Waals surface area contributed by atoms with Crippen LogP contribution < -0.4 is 21.3 Å². The number of ether oxygens (including phenoxy) is 1. The van der Waals surface area contributed by atoms with Crippen molar-refractivity contribution in [3.63, 3.8) is 0 Å². The van der Waals surface area contributed by atoms with Gasteiger partial charge in [0.05, 0.1) is 12.9 Å². The van der Waals surface area contributed by atoms with Gasteiger partial charge in [0.25, 0.3) is 5.78 Å². The van der Waals surface area contributed by atoms with Gasteiger partial charge < -0.3 is 20.2 Å². The summed E-state index contributed by atoms with van der Waals surface area (Å²) in [6.07, 6.45) is 5.03. The van der Waals surface area contributed by atoms with Gasteiger partial charge in [-0.3, -0.25) is 10.0 Å². The maximum atomic E-state index is 10.9. The molecule has 34 heavy (non-hydrogen) atoms. The van der Waals surface area contributed by atoms with Crippen molar-refractivity contribution in [3.8, 4) is 17.3 Å². The highest BCUT2D eigenvalue weighted by atomic mass is 16.5. The smallest absolute Gasteiger partial charge is 0.259 e. The first-order chi connectivity index (χ1) is 16.6. The summed E-state index contributed by atoms with van der Waals surface area (Å²) in [5.41, 5.74) is 8.77. The minimum Gasteiger partial charge on any atom is -0.494 e. The Balaban J connectivity index is 1.22. The molecule has 0 spiro atoms. The van der Waals surface area contributed by atoms with Crippen LogP contribution in [0.5, 0.6) is 5.75 Å². The average molecular weight is 467 g/mol. The third-order valence-corrected chi connectivity index (χ3v) is 5.04. The molecule has 1 aromatic carbocycles. The molecule has 3 aromatic heterocycles. The Morgan fingerprint density at radius 3 is 2.74 bits per heavy atom. The number of furan rings is 1. The maximum Gasteiger partial charge on any atom is 0.259 e. The Kier molecular flexibility index (Phi) is 7.50. The Hall–Kier alpha value is -4.19. The van der Waals surface area contributed by atoms with Gasteiger partial charge >= 0.3 is 0 Å². The van der Waals surface area contributed by atoms with Crippen molar-refractivity contribution in [1.82, 2.24) is 30.0 Å². The Morgan fingerprint density at radius 1 is 1.12 bits per heavy atom. The van der Waals surface area contributed by atoms with E-state index in [0.29, 0.717) is 49.3 Å². The van der Waals surface area contributed by atoms with Crippen LogP contribution >= 0.6 is 0 Å². The molecular weight excluding hydrogens is 440 g/mol. The second-order valence-corrected chi connectivity index (χ2v) is 7.54. The number of benzene rings is 1. The monoisotopic (exact) mass is 466 g/mol. The molecule has 0 atom stereocenters. The molecule has 0 aliphatic carbocycles. The van der Waals surface area contributed by atoms with Crippen LogP contribution in [0.4, 0.5) is 11.9 Å². The van der Waals surface area contributed by atoms with Gasteiger partial charge in [0, 0.05) is 13.0 Å². The molecule has 0 aliphatic heterocycles. The van der Waals surface area contributed by atoms with E-state index in [2.05, 4.69) is 25.4 Å². The van der Waals surface area contributed by atoms with Crippen LogP contribution in [0.25, 0.3) is 17.4 Å². The van der Waals surface area contributed by atoms with Crippen LogP contribution in [-0.4, -0.2) is 48.8 Å². The number of amides is 1. The zero-order valence-electron chi connectivity index (χ0n) is 18.5. The highest BCUT2D eigenvalue weighted by Crippen LogP contribution is 2.18. The molecule has 0 bridgehead atoms. The number of nitrogens with one attached hydrogen (secondary N) is 2. The topological polar surface area (TPSA) is 166 Å². The number of nitrogen functional groups attached to an aromatic ring is 1. The lowest BCUT2D eigenvalue weighted by molar-refractivity contribution is -0.129. The number of fused-ring (bicyclic) bond motifs is 1. The van der Waals surface area contributed by atoms with Crippen molar-refractivity contribution in [2.24, 2.45) is 0 Å². The number of carbonyl (C=O) groups excluding carboxylic acids is 1. The Morgan fingerprint density at radius 2 is 1.97 bits per heavy atom. The number of carbonyl (C=O) groups is 1.